The van der Waals surface area contributed by atoms with Crippen molar-refractivity contribution < 1.29 is 14.5 Å². The number of nitrogens with zero attached hydrogens (tertiary/aromatic N) is 2. The lowest BCUT2D eigenvalue weighted by atomic mass is 10.00. The van der Waals surface area contributed by atoms with Crippen LogP contribution in [0, 0.1) is 10.1 Å². The topological polar surface area (TPSA) is 106 Å². The van der Waals surface area contributed by atoms with Crippen LogP contribution in [0.3, 0.4) is 0 Å². The summed E-state index contributed by atoms with van der Waals surface area (Å²) in [7, 11) is 0. The highest BCUT2D eigenvalue weighted by Gasteiger charge is 2.25. The van der Waals surface area contributed by atoms with Crippen molar-refractivity contribution in [3.8, 4) is 5.75 Å². The first kappa shape index (κ1) is 20.3. The third-order valence-corrected chi connectivity index (χ3v) is 5.22. The number of carbonyl (C=O) groups is 1. The number of anilines is 1. The lowest BCUT2D eigenvalue weighted by Gasteiger charge is -2.26. The number of carbonyl (C=O) groups excluding carboxylic acids is 1. The quantitative estimate of drug-likeness (QED) is 0.453. The predicted octanol–water partition coefficient (Wildman–Crippen LogP) is 4.42. The van der Waals surface area contributed by atoms with Crippen LogP contribution in [-0.2, 0) is 0 Å². The normalized spacial score (nSPS) is 15.8. The molecule has 2 N–H and O–H groups in total. The van der Waals surface area contributed by atoms with Crippen molar-refractivity contribution in [1.29, 1.82) is 0 Å². The van der Waals surface area contributed by atoms with Crippen molar-refractivity contribution in [1.82, 2.24) is 10.3 Å². The molecular weight excluding hydrogens is 396 g/mol. The Hall–Kier alpha value is -3.94. The SMILES string of the molecule is CC(Nc1ccc(C(=O)NC2CCOc3ccccc32)cc1[N+](=O)[O-])c1ccccn1. The zero-order valence-corrected chi connectivity index (χ0v) is 16.9. The minimum atomic E-state index is -0.492. The number of nitro benzene ring substituents is 1. The molecule has 1 aromatic heterocycles. The largest absolute Gasteiger partial charge is 0.493 e. The minimum absolute atomic E-state index is 0.164. The number of benzene rings is 2. The van der Waals surface area contributed by atoms with Gasteiger partial charge in [-0.25, -0.2) is 0 Å². The summed E-state index contributed by atoms with van der Waals surface area (Å²) in [6, 6.07) is 17.0. The number of hydrogen-bond donors (Lipinski definition) is 2. The summed E-state index contributed by atoms with van der Waals surface area (Å²) in [5, 5.41) is 17.8. The van der Waals surface area contributed by atoms with Crippen LogP contribution in [0.15, 0.2) is 66.9 Å². The van der Waals surface area contributed by atoms with Gasteiger partial charge in [0, 0.05) is 29.8 Å². The van der Waals surface area contributed by atoms with E-state index in [2.05, 4.69) is 15.6 Å². The highest BCUT2D eigenvalue weighted by molar-refractivity contribution is 5.96. The molecule has 2 atom stereocenters. The van der Waals surface area contributed by atoms with Gasteiger partial charge in [0.1, 0.15) is 11.4 Å². The van der Waals surface area contributed by atoms with E-state index < -0.39 is 4.92 Å². The molecule has 3 aromatic rings. The van der Waals surface area contributed by atoms with Gasteiger partial charge in [-0.05, 0) is 37.3 Å². The van der Waals surface area contributed by atoms with Crippen LogP contribution in [0.25, 0.3) is 0 Å². The number of pyridine rings is 1. The number of para-hydroxylation sites is 1. The number of fused-ring (bicyclic) bond motifs is 1. The van der Waals surface area contributed by atoms with Crippen LogP contribution < -0.4 is 15.4 Å². The molecule has 2 unspecified atom stereocenters. The number of ether oxygens (including phenoxy) is 1. The maximum Gasteiger partial charge on any atom is 0.293 e. The average molecular weight is 418 g/mol. The molecule has 158 valence electrons. The van der Waals surface area contributed by atoms with E-state index in [-0.39, 0.29) is 29.2 Å². The molecule has 4 rings (SSSR count). The molecule has 1 aliphatic rings. The number of rotatable bonds is 6. The smallest absolute Gasteiger partial charge is 0.293 e. The van der Waals surface area contributed by atoms with Crippen LogP contribution in [0.2, 0.25) is 0 Å². The van der Waals surface area contributed by atoms with E-state index in [0.29, 0.717) is 18.7 Å². The van der Waals surface area contributed by atoms with E-state index >= 15 is 0 Å². The van der Waals surface area contributed by atoms with Crippen LogP contribution >= 0.6 is 0 Å². The zero-order chi connectivity index (χ0) is 21.8. The van der Waals surface area contributed by atoms with E-state index in [1.807, 2.05) is 49.4 Å². The first-order valence-corrected chi connectivity index (χ1v) is 10.0. The molecule has 0 bridgehead atoms. The monoisotopic (exact) mass is 418 g/mol. The Bertz CT molecular complexity index is 1100. The summed E-state index contributed by atoms with van der Waals surface area (Å²) in [4.78, 5) is 28.3. The highest BCUT2D eigenvalue weighted by Crippen LogP contribution is 2.33. The molecular formula is C23H22N4O4. The lowest BCUT2D eigenvalue weighted by molar-refractivity contribution is -0.384. The number of nitro groups is 1. The van der Waals surface area contributed by atoms with Gasteiger partial charge in [-0.15, -0.1) is 0 Å². The molecule has 8 nitrogen and oxygen atoms in total. The Morgan fingerprint density at radius 3 is 2.77 bits per heavy atom. The molecule has 2 heterocycles. The summed E-state index contributed by atoms with van der Waals surface area (Å²) in [6.45, 7) is 2.37. The molecule has 0 fully saturated rings. The summed E-state index contributed by atoms with van der Waals surface area (Å²) < 4.78 is 5.63. The number of aromatic nitrogens is 1. The third-order valence-electron chi connectivity index (χ3n) is 5.22. The minimum Gasteiger partial charge on any atom is -0.493 e. The molecule has 31 heavy (non-hydrogen) atoms. The Labute approximate surface area is 179 Å². The first-order valence-electron chi connectivity index (χ1n) is 10.0. The summed E-state index contributed by atoms with van der Waals surface area (Å²) >= 11 is 0. The summed E-state index contributed by atoms with van der Waals surface area (Å²) in [5.41, 5.74) is 2.06. The molecule has 1 aliphatic heterocycles. The molecule has 0 aliphatic carbocycles. The van der Waals surface area contributed by atoms with Gasteiger partial charge in [-0.3, -0.25) is 19.9 Å². The van der Waals surface area contributed by atoms with Gasteiger partial charge in [0.05, 0.1) is 29.3 Å². The second-order valence-corrected chi connectivity index (χ2v) is 7.31. The van der Waals surface area contributed by atoms with Crippen LogP contribution in [0.4, 0.5) is 11.4 Å². The van der Waals surface area contributed by atoms with E-state index in [4.69, 9.17) is 4.74 Å². The van der Waals surface area contributed by atoms with E-state index in [1.165, 1.54) is 6.07 Å². The Balaban J connectivity index is 1.54. The van der Waals surface area contributed by atoms with Gasteiger partial charge in [-0.2, -0.15) is 0 Å². The highest BCUT2D eigenvalue weighted by atomic mass is 16.6. The van der Waals surface area contributed by atoms with Crippen LogP contribution in [0.5, 0.6) is 5.75 Å². The van der Waals surface area contributed by atoms with Crippen LogP contribution in [-0.4, -0.2) is 22.4 Å². The van der Waals surface area contributed by atoms with Crippen molar-refractivity contribution in [2.45, 2.75) is 25.4 Å². The molecule has 0 saturated carbocycles. The number of hydrogen-bond acceptors (Lipinski definition) is 6. The molecule has 8 heteroatoms. The van der Waals surface area contributed by atoms with E-state index in [1.54, 1.807) is 18.3 Å². The molecule has 1 amide bonds. The van der Waals surface area contributed by atoms with Crippen molar-refractivity contribution in [2.75, 3.05) is 11.9 Å². The van der Waals surface area contributed by atoms with Crippen molar-refractivity contribution in [3.05, 3.63) is 93.8 Å². The lowest BCUT2D eigenvalue weighted by Crippen LogP contribution is -2.32. The molecule has 0 spiro atoms. The van der Waals surface area contributed by atoms with Gasteiger partial charge in [0.2, 0.25) is 0 Å². The number of amides is 1. The molecule has 0 radical (unpaired) electrons. The Kier molecular flexibility index (Phi) is 5.79. The first-order chi connectivity index (χ1) is 15.0. The molecule has 2 aromatic carbocycles. The van der Waals surface area contributed by atoms with Gasteiger partial charge >= 0.3 is 0 Å². The van der Waals surface area contributed by atoms with Crippen molar-refractivity contribution in [3.63, 3.8) is 0 Å². The van der Waals surface area contributed by atoms with Gasteiger partial charge in [-0.1, -0.05) is 24.3 Å². The Morgan fingerprint density at radius 2 is 2.00 bits per heavy atom. The fourth-order valence-electron chi connectivity index (χ4n) is 3.62. The van der Waals surface area contributed by atoms with Gasteiger partial charge < -0.3 is 15.4 Å². The van der Waals surface area contributed by atoms with E-state index in [9.17, 15) is 14.9 Å². The second-order valence-electron chi connectivity index (χ2n) is 7.31. The predicted molar refractivity (Wildman–Crippen MR) is 116 cm³/mol. The standard InChI is InChI=1S/C23H22N4O4/c1-15(18-7-4-5-12-24-18)25-20-10-9-16(14-21(20)27(29)30)23(28)26-19-11-13-31-22-8-3-2-6-17(19)22/h2-10,12,14-15,19,25H,11,13H2,1H3,(H,26,28). The van der Waals surface area contributed by atoms with Gasteiger partial charge in [0.15, 0.2) is 0 Å². The van der Waals surface area contributed by atoms with Crippen molar-refractivity contribution in [2.24, 2.45) is 0 Å². The van der Waals surface area contributed by atoms with Gasteiger partial charge in [0.25, 0.3) is 11.6 Å². The fourth-order valence-corrected chi connectivity index (χ4v) is 3.62. The summed E-state index contributed by atoms with van der Waals surface area (Å²) in [5.74, 6) is 0.377. The number of nitrogens with one attached hydrogen (secondary N) is 2. The fraction of sp³-hybridized carbons (Fsp3) is 0.217. The summed E-state index contributed by atoms with van der Waals surface area (Å²) in [6.07, 6.45) is 2.30. The second kappa shape index (κ2) is 8.83. The average Bonchev–Trinajstić information content (AvgIpc) is 2.80. The van der Waals surface area contributed by atoms with E-state index in [0.717, 1.165) is 17.0 Å². The van der Waals surface area contributed by atoms with Crippen molar-refractivity contribution >= 4 is 17.3 Å². The maximum absolute atomic E-state index is 12.8. The zero-order valence-electron chi connectivity index (χ0n) is 16.9. The third kappa shape index (κ3) is 4.48. The molecule has 0 saturated heterocycles. The van der Waals surface area contributed by atoms with Crippen LogP contribution in [0.1, 0.15) is 47.0 Å². The Morgan fingerprint density at radius 1 is 1.19 bits per heavy atom. The maximum atomic E-state index is 12.8.